The van der Waals surface area contributed by atoms with Gasteiger partial charge in [-0.05, 0) is 80.5 Å². The Labute approximate surface area is 190 Å². The minimum Gasteiger partial charge on any atom is -0.726 e. The van der Waals surface area contributed by atoms with Crippen LogP contribution in [0.1, 0.15) is 71.6 Å². The van der Waals surface area contributed by atoms with E-state index >= 15 is 0 Å². The van der Waals surface area contributed by atoms with Crippen molar-refractivity contribution in [2.75, 3.05) is 0 Å². The molecule has 0 radical (unpaired) electrons. The maximum Gasteiger partial charge on any atom is 0.253 e. The molecular weight excluding hydrogens is 436 g/mol. The fourth-order valence-corrected chi connectivity index (χ4v) is 8.25. The van der Waals surface area contributed by atoms with Crippen molar-refractivity contribution in [3.8, 4) is 0 Å². The van der Waals surface area contributed by atoms with E-state index in [1.165, 1.54) is 0 Å². The Kier molecular flexibility index (Phi) is 6.44. The van der Waals surface area contributed by atoms with Crippen molar-refractivity contribution in [1.82, 2.24) is 0 Å². The largest absolute Gasteiger partial charge is 0.726 e. The molecule has 1 aromatic rings. The summed E-state index contributed by atoms with van der Waals surface area (Å²) in [4.78, 5) is 2.89. The zero-order chi connectivity index (χ0) is 23.2. The van der Waals surface area contributed by atoms with Crippen molar-refractivity contribution >= 4 is 10.4 Å². The average molecular weight is 472 g/mol. The maximum absolute atomic E-state index is 14.6. The molecule has 0 unspecified atom stereocenters. The lowest BCUT2D eigenvalue weighted by Gasteiger charge is -2.60. The monoisotopic (exact) mass is 471 g/mol. The van der Waals surface area contributed by atoms with E-state index in [1.807, 2.05) is 30.6 Å². The molecule has 0 aromatic carbocycles. The molecular formula is C24H35F2NO4S. The van der Waals surface area contributed by atoms with Crippen molar-refractivity contribution in [1.29, 1.82) is 0 Å². The van der Waals surface area contributed by atoms with E-state index in [-0.39, 0.29) is 17.8 Å². The van der Waals surface area contributed by atoms with Crippen LogP contribution in [-0.2, 0) is 14.6 Å². The smallest absolute Gasteiger partial charge is 0.253 e. The first-order chi connectivity index (χ1) is 15.0. The van der Waals surface area contributed by atoms with Crippen molar-refractivity contribution in [3.05, 3.63) is 30.6 Å². The van der Waals surface area contributed by atoms with Crippen LogP contribution in [0.3, 0.4) is 0 Å². The minimum absolute atomic E-state index is 0.0226. The third kappa shape index (κ3) is 4.34. The highest BCUT2D eigenvalue weighted by molar-refractivity contribution is 7.80. The van der Waals surface area contributed by atoms with Gasteiger partial charge in [0.1, 0.15) is 0 Å². The van der Waals surface area contributed by atoms with Gasteiger partial charge in [-0.25, -0.2) is 22.2 Å². The Bertz CT molecular complexity index is 872. The molecule has 1 N–H and O–H groups in total. The van der Waals surface area contributed by atoms with Crippen LogP contribution in [0.2, 0.25) is 0 Å². The number of rotatable bonds is 2. The number of H-pyrrole nitrogens is 1. The molecule has 0 amide bonds. The van der Waals surface area contributed by atoms with Crippen LogP contribution >= 0.6 is 0 Å². The zero-order valence-corrected chi connectivity index (χ0v) is 19.8. The first-order valence-corrected chi connectivity index (χ1v) is 13.2. The van der Waals surface area contributed by atoms with E-state index in [4.69, 9.17) is 4.18 Å². The fraction of sp³-hybridized carbons (Fsp3) is 0.792. The minimum atomic E-state index is -4.67. The first-order valence-electron chi connectivity index (χ1n) is 11.9. The number of aromatic amines is 1. The molecule has 5 rings (SSSR count). The lowest BCUT2D eigenvalue weighted by molar-refractivity contribution is -0.377. The van der Waals surface area contributed by atoms with E-state index in [0.29, 0.717) is 43.4 Å². The van der Waals surface area contributed by atoms with Crippen molar-refractivity contribution in [2.45, 2.75) is 83.7 Å². The van der Waals surface area contributed by atoms with E-state index in [9.17, 15) is 21.8 Å². The number of hydrogen-bond acceptors (Lipinski definition) is 4. The standard InChI is InChI=1S/C19H30F2O4S.C5H5N/c1-17-8-5-13(25-26(22,23)24)11-12(17)3-4-14-15(17)6-9-18(2)16(14)7-10-19(18,20)21;1-2-4-6-5-3-1/h12-16H,3-11H2,1-2H3,(H,22,23,24);1-5H/t12-,13-,14-,15+,16+,17+,18+;/m1./s1. The van der Waals surface area contributed by atoms with Gasteiger partial charge in [0, 0.05) is 24.0 Å². The predicted octanol–water partition coefficient (Wildman–Crippen LogP) is 5.01. The summed E-state index contributed by atoms with van der Waals surface area (Å²) in [7, 11) is -4.67. The second-order valence-electron chi connectivity index (χ2n) is 10.8. The van der Waals surface area contributed by atoms with Gasteiger partial charge in [0.25, 0.3) is 5.92 Å². The highest BCUT2D eigenvalue weighted by atomic mass is 32.3. The average Bonchev–Trinajstić information content (AvgIpc) is 2.98. The molecule has 5 nitrogen and oxygen atoms in total. The Hall–Kier alpha value is -1.12. The van der Waals surface area contributed by atoms with Crippen LogP contribution in [0.15, 0.2) is 30.6 Å². The first kappa shape index (κ1) is 24.0. The molecule has 180 valence electrons. The highest BCUT2D eigenvalue weighted by Gasteiger charge is 2.66. The Morgan fingerprint density at radius 2 is 1.62 bits per heavy atom. The second-order valence-corrected chi connectivity index (χ2v) is 11.8. The molecule has 4 saturated carbocycles. The van der Waals surface area contributed by atoms with Gasteiger partial charge >= 0.3 is 0 Å². The SMILES string of the molecule is C[C@]12CC[C@@H](OS(=O)(=O)[O-])C[C@H]1CC[C@@H]1[C@@H]2CC[C@@]2(C)[C@H]1CCC2(F)F.c1cc[nH+]cc1. The van der Waals surface area contributed by atoms with Crippen LogP contribution in [0.25, 0.3) is 0 Å². The van der Waals surface area contributed by atoms with Gasteiger partial charge in [0.2, 0.25) is 10.4 Å². The van der Waals surface area contributed by atoms with Crippen molar-refractivity contribution in [3.63, 3.8) is 0 Å². The third-order valence-corrected chi connectivity index (χ3v) is 9.98. The number of fused-ring (bicyclic) bond motifs is 5. The lowest BCUT2D eigenvalue weighted by Crippen LogP contribution is -2.55. The van der Waals surface area contributed by atoms with Crippen molar-refractivity contribution in [2.24, 2.45) is 34.5 Å². The van der Waals surface area contributed by atoms with Gasteiger partial charge in [-0.1, -0.05) is 19.9 Å². The number of pyridine rings is 1. The summed E-state index contributed by atoms with van der Waals surface area (Å²) >= 11 is 0. The van der Waals surface area contributed by atoms with E-state index in [1.54, 1.807) is 6.92 Å². The number of alkyl halides is 2. The van der Waals surface area contributed by atoms with Gasteiger partial charge in [-0.2, -0.15) is 0 Å². The fourth-order valence-electron chi connectivity index (χ4n) is 7.74. The zero-order valence-electron chi connectivity index (χ0n) is 18.9. The highest BCUT2D eigenvalue weighted by Crippen LogP contribution is 2.69. The summed E-state index contributed by atoms with van der Waals surface area (Å²) in [6.07, 6.45) is 9.16. The third-order valence-electron chi connectivity index (χ3n) is 9.47. The van der Waals surface area contributed by atoms with E-state index in [0.717, 1.165) is 25.7 Å². The van der Waals surface area contributed by atoms with Crippen molar-refractivity contribution < 1.29 is 30.9 Å². The van der Waals surface area contributed by atoms with Gasteiger partial charge in [-0.15, -0.1) is 0 Å². The summed E-state index contributed by atoms with van der Waals surface area (Å²) in [6.45, 7) is 4.07. The predicted molar refractivity (Wildman–Crippen MR) is 114 cm³/mol. The molecule has 8 heteroatoms. The van der Waals surface area contributed by atoms with E-state index in [2.05, 4.69) is 11.9 Å². The molecule has 0 saturated heterocycles. The quantitative estimate of drug-likeness (QED) is 0.449. The molecule has 32 heavy (non-hydrogen) atoms. The number of hydrogen-bond donors (Lipinski definition) is 0. The molecule has 1 heterocycles. The molecule has 4 fully saturated rings. The molecule has 4 aliphatic carbocycles. The van der Waals surface area contributed by atoms with Crippen LogP contribution in [0.5, 0.6) is 0 Å². The summed E-state index contributed by atoms with van der Waals surface area (Å²) < 4.78 is 66.7. The van der Waals surface area contributed by atoms with Crippen LogP contribution in [-0.4, -0.2) is 25.0 Å². The topological polar surface area (TPSA) is 80.6 Å². The molecule has 7 atom stereocenters. The number of aromatic nitrogens is 1. The molecule has 0 aliphatic heterocycles. The molecule has 0 spiro atoms. The van der Waals surface area contributed by atoms with Gasteiger partial charge in [0.15, 0.2) is 12.4 Å². The molecule has 1 aromatic heterocycles. The van der Waals surface area contributed by atoms with Gasteiger partial charge < -0.3 is 4.55 Å². The van der Waals surface area contributed by atoms with Crippen LogP contribution in [0.4, 0.5) is 8.78 Å². The number of halogens is 2. The molecule has 4 aliphatic rings. The van der Waals surface area contributed by atoms with Crippen LogP contribution in [0, 0.1) is 34.5 Å². The summed E-state index contributed by atoms with van der Waals surface area (Å²) in [5, 5.41) is 0. The Morgan fingerprint density at radius 3 is 2.22 bits per heavy atom. The van der Waals surface area contributed by atoms with Crippen LogP contribution < -0.4 is 4.98 Å². The Morgan fingerprint density at radius 1 is 0.938 bits per heavy atom. The summed E-state index contributed by atoms with van der Waals surface area (Å²) in [5.74, 6) is -1.35. The molecule has 0 bridgehead atoms. The van der Waals surface area contributed by atoms with Gasteiger partial charge in [-0.3, -0.25) is 4.18 Å². The maximum atomic E-state index is 14.6. The second kappa shape index (κ2) is 8.58. The van der Waals surface area contributed by atoms with Gasteiger partial charge in [0.05, 0.1) is 6.10 Å². The number of nitrogens with one attached hydrogen (secondary N) is 1. The summed E-state index contributed by atoms with van der Waals surface area (Å²) in [5.41, 5.74) is -0.803. The Balaban J connectivity index is 0.000000354. The van der Waals surface area contributed by atoms with E-state index < -0.39 is 27.8 Å². The normalized spacial score (nSPS) is 42.6. The lowest BCUT2D eigenvalue weighted by atomic mass is 9.45. The summed E-state index contributed by atoms with van der Waals surface area (Å²) in [6, 6.07) is 5.86.